The lowest BCUT2D eigenvalue weighted by Gasteiger charge is -2.11. The number of ether oxygens (including phenoxy) is 3. The van der Waals surface area contributed by atoms with Gasteiger partial charge in [0.1, 0.15) is 17.4 Å². The second-order valence-electron chi connectivity index (χ2n) is 7.00. The molecule has 0 unspecified atom stereocenters. The third-order valence-electron chi connectivity index (χ3n) is 4.62. The van der Waals surface area contributed by atoms with Crippen molar-refractivity contribution in [1.82, 2.24) is 5.32 Å². The van der Waals surface area contributed by atoms with Crippen molar-refractivity contribution in [1.29, 1.82) is 5.26 Å². The summed E-state index contributed by atoms with van der Waals surface area (Å²) in [5.41, 5.74) is 1.73. The van der Waals surface area contributed by atoms with Crippen LogP contribution in [0.15, 0.2) is 60.7 Å². The number of benzene rings is 2. The number of rotatable bonds is 12. The molecule has 0 aliphatic heterocycles. The van der Waals surface area contributed by atoms with E-state index in [2.05, 4.69) is 18.8 Å². The van der Waals surface area contributed by atoms with Gasteiger partial charge in [0, 0.05) is 13.0 Å². The molecule has 2 aromatic rings. The number of esters is 1. The van der Waals surface area contributed by atoms with Gasteiger partial charge in [-0.15, -0.1) is 6.58 Å². The van der Waals surface area contributed by atoms with Gasteiger partial charge in [-0.25, -0.2) is 0 Å². The van der Waals surface area contributed by atoms with Gasteiger partial charge in [-0.3, -0.25) is 9.59 Å². The Morgan fingerprint density at radius 2 is 1.91 bits per heavy atom. The average Bonchev–Trinajstić information content (AvgIpc) is 2.84. The zero-order chi connectivity index (χ0) is 24.1. The lowest BCUT2D eigenvalue weighted by molar-refractivity contribution is -0.134. The van der Waals surface area contributed by atoms with Gasteiger partial charge in [-0.05, 0) is 54.3 Å². The maximum absolute atomic E-state index is 12.2. The number of nitrogens with one attached hydrogen (secondary N) is 1. The lowest BCUT2D eigenvalue weighted by Crippen LogP contribution is -2.24. The number of nitrogens with zero attached hydrogens (tertiary/aromatic N) is 1. The molecular weight excluding hydrogens is 420 g/mol. The second-order valence-corrected chi connectivity index (χ2v) is 7.00. The normalized spacial score (nSPS) is 10.6. The molecule has 0 atom stereocenters. The zero-order valence-electron chi connectivity index (χ0n) is 18.9. The van der Waals surface area contributed by atoms with Crippen LogP contribution in [0.4, 0.5) is 0 Å². The van der Waals surface area contributed by atoms with E-state index in [1.807, 2.05) is 30.3 Å². The highest BCUT2D eigenvalue weighted by Gasteiger charge is 2.13. The van der Waals surface area contributed by atoms with Crippen molar-refractivity contribution < 1.29 is 23.8 Å². The van der Waals surface area contributed by atoms with E-state index in [4.69, 9.17) is 14.2 Å². The summed E-state index contributed by atoms with van der Waals surface area (Å²) in [5, 5.41) is 11.8. The molecule has 2 rings (SSSR count). The van der Waals surface area contributed by atoms with Gasteiger partial charge in [-0.2, -0.15) is 5.26 Å². The van der Waals surface area contributed by atoms with Crippen LogP contribution in [0.3, 0.4) is 0 Å². The van der Waals surface area contributed by atoms with Crippen LogP contribution >= 0.6 is 0 Å². The molecule has 0 aliphatic carbocycles. The Kier molecular flexibility index (Phi) is 10.2. The van der Waals surface area contributed by atoms with Crippen molar-refractivity contribution in [3.63, 3.8) is 0 Å². The molecule has 0 spiro atoms. The third-order valence-corrected chi connectivity index (χ3v) is 4.62. The van der Waals surface area contributed by atoms with Crippen molar-refractivity contribution in [2.24, 2.45) is 0 Å². The van der Waals surface area contributed by atoms with Crippen molar-refractivity contribution in [2.45, 2.75) is 26.2 Å². The van der Waals surface area contributed by atoms with Crippen LogP contribution in [0.2, 0.25) is 0 Å². The summed E-state index contributed by atoms with van der Waals surface area (Å²) >= 11 is 0. The average molecular weight is 449 g/mol. The standard InChI is InChI=1S/C26H28N2O5/c1-4-14-28-26(30)21(18-27)16-20-10-13-23(24(17-20)31-3)33-25(29)7-6-15-32-22-11-8-19(5-2)9-12-22/h4,8-13,16-17H,1,5-7,14-15H2,2-3H3,(H,28,30). The Bertz CT molecular complexity index is 1040. The van der Waals surface area contributed by atoms with Crippen LogP contribution < -0.4 is 19.5 Å². The van der Waals surface area contributed by atoms with E-state index in [0.29, 0.717) is 24.3 Å². The van der Waals surface area contributed by atoms with Gasteiger partial charge in [0.15, 0.2) is 11.5 Å². The van der Waals surface area contributed by atoms with Gasteiger partial charge in [0.05, 0.1) is 13.7 Å². The highest BCUT2D eigenvalue weighted by atomic mass is 16.6. The third kappa shape index (κ3) is 8.19. The molecule has 172 valence electrons. The van der Waals surface area contributed by atoms with Gasteiger partial charge < -0.3 is 19.5 Å². The number of amides is 1. The zero-order valence-corrected chi connectivity index (χ0v) is 18.9. The van der Waals surface area contributed by atoms with Crippen molar-refractivity contribution >= 4 is 18.0 Å². The molecule has 0 radical (unpaired) electrons. The molecule has 1 amide bonds. The highest BCUT2D eigenvalue weighted by molar-refractivity contribution is 6.01. The predicted octanol–water partition coefficient (Wildman–Crippen LogP) is 4.23. The fraction of sp³-hybridized carbons (Fsp3) is 0.269. The Balaban J connectivity index is 1.92. The lowest BCUT2D eigenvalue weighted by atomic mass is 10.1. The Labute approximate surface area is 194 Å². The van der Waals surface area contributed by atoms with E-state index in [-0.39, 0.29) is 24.3 Å². The minimum Gasteiger partial charge on any atom is -0.494 e. The van der Waals surface area contributed by atoms with Crippen LogP contribution in [0.1, 0.15) is 30.9 Å². The van der Waals surface area contributed by atoms with Gasteiger partial charge >= 0.3 is 5.97 Å². The number of carbonyl (C=O) groups is 2. The van der Waals surface area contributed by atoms with Crippen LogP contribution in [-0.2, 0) is 16.0 Å². The molecule has 0 saturated heterocycles. The van der Waals surface area contributed by atoms with Crippen LogP contribution in [0, 0.1) is 11.3 Å². The maximum Gasteiger partial charge on any atom is 0.311 e. The van der Waals surface area contributed by atoms with Crippen LogP contribution in [-0.4, -0.2) is 32.1 Å². The monoisotopic (exact) mass is 448 g/mol. The van der Waals surface area contributed by atoms with E-state index < -0.39 is 11.9 Å². The molecule has 7 nitrogen and oxygen atoms in total. The predicted molar refractivity (Wildman–Crippen MR) is 126 cm³/mol. The molecule has 0 aliphatic rings. The molecule has 0 saturated carbocycles. The summed E-state index contributed by atoms with van der Waals surface area (Å²) in [6, 6.07) is 14.5. The maximum atomic E-state index is 12.2. The smallest absolute Gasteiger partial charge is 0.311 e. The molecule has 0 aromatic heterocycles. The quantitative estimate of drug-likeness (QED) is 0.130. The minimum absolute atomic E-state index is 0.0621. The Morgan fingerprint density at radius 3 is 2.55 bits per heavy atom. The van der Waals surface area contributed by atoms with E-state index in [1.165, 1.54) is 24.8 Å². The van der Waals surface area contributed by atoms with Gasteiger partial charge in [0.25, 0.3) is 5.91 Å². The summed E-state index contributed by atoms with van der Waals surface area (Å²) in [6.07, 6.45) is 4.60. The first-order chi connectivity index (χ1) is 16.0. The summed E-state index contributed by atoms with van der Waals surface area (Å²) in [6.45, 7) is 6.26. The largest absolute Gasteiger partial charge is 0.494 e. The number of aryl methyl sites for hydroxylation is 1. The fourth-order valence-electron chi connectivity index (χ4n) is 2.84. The number of carbonyl (C=O) groups excluding carboxylic acids is 2. The van der Waals surface area contributed by atoms with Crippen molar-refractivity contribution in [3.8, 4) is 23.3 Å². The van der Waals surface area contributed by atoms with E-state index >= 15 is 0 Å². The van der Waals surface area contributed by atoms with Crippen molar-refractivity contribution in [2.75, 3.05) is 20.3 Å². The topological polar surface area (TPSA) is 97.7 Å². The first-order valence-corrected chi connectivity index (χ1v) is 10.6. The van der Waals surface area contributed by atoms with Gasteiger partial charge in [-0.1, -0.05) is 31.2 Å². The fourth-order valence-corrected chi connectivity index (χ4v) is 2.84. The SMILES string of the molecule is C=CCNC(=O)C(C#N)=Cc1ccc(OC(=O)CCCOc2ccc(CC)cc2)c(OC)c1. The minimum atomic E-state index is -0.504. The summed E-state index contributed by atoms with van der Waals surface area (Å²) in [5.74, 6) is 0.415. The molecule has 7 heteroatoms. The number of nitriles is 1. The Morgan fingerprint density at radius 1 is 1.15 bits per heavy atom. The van der Waals surface area contributed by atoms with Gasteiger partial charge in [0.2, 0.25) is 0 Å². The molecule has 0 bridgehead atoms. The Hall–Kier alpha value is -4.05. The molecule has 0 heterocycles. The summed E-state index contributed by atoms with van der Waals surface area (Å²) in [4.78, 5) is 24.2. The second kappa shape index (κ2) is 13.4. The highest BCUT2D eigenvalue weighted by Crippen LogP contribution is 2.29. The number of hydrogen-bond acceptors (Lipinski definition) is 6. The molecule has 1 N–H and O–H groups in total. The molecule has 0 fully saturated rings. The molecular formula is C26H28N2O5. The molecule has 33 heavy (non-hydrogen) atoms. The van der Waals surface area contributed by atoms with E-state index in [1.54, 1.807) is 18.2 Å². The van der Waals surface area contributed by atoms with E-state index in [9.17, 15) is 14.9 Å². The number of hydrogen-bond donors (Lipinski definition) is 1. The van der Waals surface area contributed by atoms with Crippen molar-refractivity contribution in [3.05, 3.63) is 71.8 Å². The first-order valence-electron chi connectivity index (χ1n) is 10.6. The van der Waals surface area contributed by atoms with Crippen LogP contribution in [0.5, 0.6) is 17.2 Å². The van der Waals surface area contributed by atoms with E-state index in [0.717, 1.165) is 12.2 Å². The number of methoxy groups -OCH3 is 1. The molecule has 2 aromatic carbocycles. The summed E-state index contributed by atoms with van der Waals surface area (Å²) < 4.78 is 16.4. The van der Waals surface area contributed by atoms with Crippen LogP contribution in [0.25, 0.3) is 6.08 Å². The summed E-state index contributed by atoms with van der Waals surface area (Å²) in [7, 11) is 1.44. The first kappa shape index (κ1) is 25.2.